The number of piperidine rings is 3. The number of imide groups is 2. The summed E-state index contributed by atoms with van der Waals surface area (Å²) in [4.78, 5) is 93.0. The fraction of sp³-hybridized carbons (Fsp3) is 0.432. The number of fused-ring (bicyclic) bond motifs is 1. The Morgan fingerprint density at radius 3 is 2.03 bits per heavy atom. The lowest BCUT2D eigenvalue weighted by Gasteiger charge is -2.43. The van der Waals surface area contributed by atoms with E-state index < -0.39 is 35.1 Å². The number of anilines is 3. The van der Waals surface area contributed by atoms with Gasteiger partial charge in [-0.15, -0.1) is 0 Å². The Labute approximate surface area is 347 Å². The van der Waals surface area contributed by atoms with E-state index in [4.69, 9.17) is 18.2 Å². The first-order valence-electron chi connectivity index (χ1n) is 20.5. The van der Waals surface area contributed by atoms with E-state index in [1.54, 1.807) is 30.3 Å². The lowest BCUT2D eigenvalue weighted by molar-refractivity contribution is -0.136. The van der Waals surface area contributed by atoms with E-state index in [1.807, 2.05) is 40.1 Å². The van der Waals surface area contributed by atoms with Crippen molar-refractivity contribution in [1.29, 1.82) is 0 Å². The molecule has 5 saturated heterocycles. The van der Waals surface area contributed by atoms with E-state index >= 15 is 0 Å². The summed E-state index contributed by atoms with van der Waals surface area (Å²) in [6, 6.07) is 17.7. The van der Waals surface area contributed by atoms with Crippen LogP contribution in [0.2, 0.25) is 5.02 Å². The summed E-state index contributed by atoms with van der Waals surface area (Å²) < 4.78 is 0. The molecule has 59 heavy (non-hydrogen) atoms. The number of nitrogens with one attached hydrogen (secondary N) is 1. The molecule has 1 spiro atoms. The van der Waals surface area contributed by atoms with Gasteiger partial charge in [-0.3, -0.25) is 43.9 Å². The molecule has 0 radical (unpaired) electrons. The van der Waals surface area contributed by atoms with Crippen molar-refractivity contribution in [2.45, 2.75) is 57.0 Å². The van der Waals surface area contributed by atoms with Gasteiger partial charge in [0.2, 0.25) is 23.4 Å². The van der Waals surface area contributed by atoms with E-state index in [9.17, 15) is 28.8 Å². The molecule has 1 N–H and O–H groups in total. The summed E-state index contributed by atoms with van der Waals surface area (Å²) in [5, 5.41) is 2.60. The monoisotopic (exact) mass is 816 g/mol. The summed E-state index contributed by atoms with van der Waals surface area (Å²) in [7, 11) is 0. The van der Waals surface area contributed by atoms with Gasteiger partial charge >= 0.3 is 0 Å². The third-order valence-electron chi connectivity index (χ3n) is 13.4. The summed E-state index contributed by atoms with van der Waals surface area (Å²) in [6.45, 7) is 13.9. The molecule has 0 aliphatic carbocycles. The van der Waals surface area contributed by atoms with Gasteiger partial charge in [0.15, 0.2) is 0 Å². The van der Waals surface area contributed by atoms with E-state index in [1.165, 1.54) is 0 Å². The second-order valence-electron chi connectivity index (χ2n) is 16.5. The molecule has 6 aliphatic rings. The molecule has 0 bridgehead atoms. The number of carbonyl (C=O) groups excluding carboxylic acids is 6. The average molecular weight is 817 g/mol. The predicted molar refractivity (Wildman–Crippen MR) is 221 cm³/mol. The smallest absolute Gasteiger partial charge is 0.262 e. The summed E-state index contributed by atoms with van der Waals surface area (Å²) in [6.07, 6.45) is 4.37. The minimum absolute atomic E-state index is 0.0330. The Morgan fingerprint density at radius 1 is 0.712 bits per heavy atom. The molecular weight excluding hydrogens is 772 g/mol. The van der Waals surface area contributed by atoms with Crippen molar-refractivity contribution in [3.8, 4) is 0 Å². The summed E-state index contributed by atoms with van der Waals surface area (Å²) in [5.74, 6) is -1.86. The summed E-state index contributed by atoms with van der Waals surface area (Å²) in [5.41, 5.74) is 3.88. The van der Waals surface area contributed by atoms with Crippen molar-refractivity contribution < 1.29 is 28.8 Å². The summed E-state index contributed by atoms with van der Waals surface area (Å²) >= 11 is 6.28. The number of piperazine rings is 1. The Morgan fingerprint density at radius 2 is 1.36 bits per heavy atom. The molecule has 6 amide bonds. The molecular formula is C44H45ClN8O6. The Bertz CT molecular complexity index is 2290. The van der Waals surface area contributed by atoms with Crippen LogP contribution in [-0.4, -0.2) is 121 Å². The molecule has 0 aromatic heterocycles. The van der Waals surface area contributed by atoms with Crippen LogP contribution in [0.25, 0.3) is 4.85 Å². The zero-order chi connectivity index (χ0) is 41.0. The van der Waals surface area contributed by atoms with Crippen LogP contribution in [0, 0.1) is 12.0 Å². The first-order chi connectivity index (χ1) is 28.5. The quantitative estimate of drug-likeness (QED) is 0.276. The van der Waals surface area contributed by atoms with Gasteiger partial charge in [-0.25, -0.2) is 4.85 Å². The molecule has 6 aliphatic heterocycles. The normalized spacial score (nSPS) is 22.6. The number of amides is 6. The molecule has 3 aromatic carbocycles. The Kier molecular flexibility index (Phi) is 10.1. The highest BCUT2D eigenvalue weighted by Gasteiger charge is 2.49. The highest BCUT2D eigenvalue weighted by molar-refractivity contribution is 6.33. The van der Waals surface area contributed by atoms with Crippen molar-refractivity contribution in [1.82, 2.24) is 20.0 Å². The zero-order valence-electron chi connectivity index (χ0n) is 32.7. The van der Waals surface area contributed by atoms with Gasteiger partial charge in [0.1, 0.15) is 6.04 Å². The van der Waals surface area contributed by atoms with Gasteiger partial charge in [0.25, 0.3) is 17.7 Å². The van der Waals surface area contributed by atoms with Gasteiger partial charge in [0, 0.05) is 99.0 Å². The van der Waals surface area contributed by atoms with Crippen molar-refractivity contribution in [2.75, 3.05) is 73.6 Å². The number of halogens is 1. The van der Waals surface area contributed by atoms with Gasteiger partial charge < -0.3 is 19.6 Å². The fourth-order valence-electron chi connectivity index (χ4n) is 9.91. The Hall–Kier alpha value is -5.78. The van der Waals surface area contributed by atoms with Crippen molar-refractivity contribution in [3.63, 3.8) is 0 Å². The maximum absolute atomic E-state index is 13.7. The van der Waals surface area contributed by atoms with Crippen LogP contribution in [0.1, 0.15) is 76.0 Å². The number of nitrogens with zero attached hydrogens (tertiary/aromatic N) is 7. The van der Waals surface area contributed by atoms with Crippen LogP contribution < -0.4 is 20.0 Å². The van der Waals surface area contributed by atoms with Crippen LogP contribution >= 0.6 is 11.6 Å². The molecule has 15 heteroatoms. The zero-order valence-corrected chi connectivity index (χ0v) is 33.5. The predicted octanol–water partition coefficient (Wildman–Crippen LogP) is 4.74. The molecule has 1 atom stereocenters. The van der Waals surface area contributed by atoms with Crippen molar-refractivity contribution >= 4 is 69.8 Å². The lowest BCUT2D eigenvalue weighted by Crippen LogP contribution is -2.54. The number of carbonyl (C=O) groups is 6. The van der Waals surface area contributed by atoms with Crippen LogP contribution in [-0.2, 0) is 14.4 Å². The SMILES string of the molecule is [C-]#[N+]c1ccc(N2CCC3(CCN(c4ccc(C(=O)N5CCN(C6CCN(c7ccc8c(c7)C(=O)N(C7CCC(=O)NC7=O)C8=O)CC6)CC5)cc4)CC3)C2=O)cc1Cl. The van der Waals surface area contributed by atoms with E-state index in [0.29, 0.717) is 41.9 Å². The number of rotatable bonds is 6. The van der Waals surface area contributed by atoms with Crippen LogP contribution in [0.15, 0.2) is 60.7 Å². The minimum Gasteiger partial charge on any atom is -0.371 e. The van der Waals surface area contributed by atoms with Crippen LogP contribution in [0.5, 0.6) is 0 Å². The van der Waals surface area contributed by atoms with Crippen molar-refractivity contribution in [2.24, 2.45) is 5.41 Å². The maximum Gasteiger partial charge on any atom is 0.262 e. The molecule has 14 nitrogen and oxygen atoms in total. The molecule has 6 heterocycles. The maximum atomic E-state index is 13.7. The number of benzene rings is 3. The first kappa shape index (κ1) is 38.7. The molecule has 1 unspecified atom stereocenters. The van der Waals surface area contributed by atoms with Crippen LogP contribution in [0.4, 0.5) is 22.7 Å². The fourth-order valence-corrected chi connectivity index (χ4v) is 10.1. The molecule has 0 saturated carbocycles. The second kappa shape index (κ2) is 15.4. The minimum atomic E-state index is -0.987. The van der Waals surface area contributed by atoms with Gasteiger partial charge in [-0.05, 0) is 93.1 Å². The third-order valence-corrected chi connectivity index (χ3v) is 13.7. The Balaban J connectivity index is 0.738. The lowest BCUT2D eigenvalue weighted by atomic mass is 9.77. The first-order valence-corrected chi connectivity index (χ1v) is 20.9. The van der Waals surface area contributed by atoms with E-state index in [2.05, 4.69) is 24.9 Å². The molecule has 5 fully saturated rings. The largest absolute Gasteiger partial charge is 0.371 e. The molecule has 304 valence electrons. The number of hydrogen-bond donors (Lipinski definition) is 1. The number of hydrogen-bond acceptors (Lipinski definition) is 9. The highest BCUT2D eigenvalue weighted by atomic mass is 35.5. The topological polar surface area (TPSA) is 138 Å². The average Bonchev–Trinajstić information content (AvgIpc) is 3.71. The standard InChI is InChI=1S/C44H45ClN8O6/c1-46-36-9-7-32(27-35(36)45)52-21-16-44(43(52)59)14-19-49(20-15-44)29-4-2-28(3-5-29)40(56)51-24-22-50(23-25-51)30-12-17-48(18-13-30)31-6-8-33-34(26-31)42(58)53(41(33)57)37-10-11-38(54)47-39(37)55/h2-9,26-27,30,37H,10-25H2,(H,47,54,55). The molecule has 9 rings (SSSR count). The van der Waals surface area contributed by atoms with Gasteiger partial charge in [-0.1, -0.05) is 17.7 Å². The van der Waals surface area contributed by atoms with E-state index in [-0.39, 0.29) is 35.8 Å². The molecule has 3 aromatic rings. The van der Waals surface area contributed by atoms with E-state index in [0.717, 1.165) is 93.3 Å². The van der Waals surface area contributed by atoms with Gasteiger partial charge in [0.05, 0.1) is 23.1 Å². The third kappa shape index (κ3) is 6.99. The van der Waals surface area contributed by atoms with Crippen molar-refractivity contribution in [3.05, 3.63) is 93.8 Å². The second-order valence-corrected chi connectivity index (χ2v) is 16.9. The van der Waals surface area contributed by atoms with Crippen LogP contribution in [0.3, 0.4) is 0 Å². The highest BCUT2D eigenvalue weighted by Crippen LogP contribution is 2.45. The van der Waals surface area contributed by atoms with Gasteiger partial charge in [-0.2, -0.15) is 0 Å².